The average Bonchev–Trinajstić information content (AvgIpc) is 2.18. The third-order valence-electron chi connectivity index (χ3n) is 2.33. The lowest BCUT2D eigenvalue weighted by Crippen LogP contribution is -2.30. The molecule has 0 aromatic heterocycles. The van der Waals surface area contributed by atoms with Crippen molar-refractivity contribution in [2.75, 3.05) is 30.4 Å². The molecular weight excluding hydrogens is 164 g/mol. The average molecular weight is 176 g/mol. The standard InChI is InChI=1S/C10H12N2O/c1-12-5-4-11-9-6-8(7-13)2-3-10(9)12/h2-3,6-7,11H,4-5H2,1H3. The number of hydrogen-bond acceptors (Lipinski definition) is 3. The number of nitrogens with one attached hydrogen (secondary N) is 1. The molecular formula is C10H12N2O. The van der Waals surface area contributed by atoms with E-state index in [2.05, 4.69) is 17.3 Å². The van der Waals surface area contributed by atoms with Gasteiger partial charge in [-0.25, -0.2) is 0 Å². The van der Waals surface area contributed by atoms with E-state index in [1.54, 1.807) is 0 Å². The summed E-state index contributed by atoms with van der Waals surface area (Å²) in [4.78, 5) is 12.7. The van der Waals surface area contributed by atoms with Crippen LogP contribution in [0.5, 0.6) is 0 Å². The first-order chi connectivity index (χ1) is 6.31. The van der Waals surface area contributed by atoms with E-state index < -0.39 is 0 Å². The second-order valence-electron chi connectivity index (χ2n) is 3.24. The second-order valence-corrected chi connectivity index (χ2v) is 3.24. The fourth-order valence-corrected chi connectivity index (χ4v) is 1.58. The van der Waals surface area contributed by atoms with Crippen LogP contribution < -0.4 is 10.2 Å². The highest BCUT2D eigenvalue weighted by molar-refractivity contribution is 5.82. The van der Waals surface area contributed by atoms with E-state index in [0.717, 1.165) is 36.3 Å². The molecule has 1 heterocycles. The number of hydrogen-bond donors (Lipinski definition) is 1. The van der Waals surface area contributed by atoms with Crippen LogP contribution in [0.15, 0.2) is 18.2 Å². The van der Waals surface area contributed by atoms with Gasteiger partial charge in [-0.1, -0.05) is 0 Å². The molecule has 3 heteroatoms. The van der Waals surface area contributed by atoms with Crippen molar-refractivity contribution in [3.63, 3.8) is 0 Å². The normalized spacial score (nSPS) is 14.7. The van der Waals surface area contributed by atoms with Gasteiger partial charge in [0.2, 0.25) is 0 Å². The van der Waals surface area contributed by atoms with Gasteiger partial charge < -0.3 is 10.2 Å². The molecule has 13 heavy (non-hydrogen) atoms. The lowest BCUT2D eigenvalue weighted by Gasteiger charge is -2.28. The van der Waals surface area contributed by atoms with Crippen molar-refractivity contribution >= 4 is 17.7 Å². The number of carbonyl (C=O) groups is 1. The summed E-state index contributed by atoms with van der Waals surface area (Å²) in [7, 11) is 2.06. The lowest BCUT2D eigenvalue weighted by molar-refractivity contribution is 0.112. The number of fused-ring (bicyclic) bond motifs is 1. The summed E-state index contributed by atoms with van der Waals surface area (Å²) < 4.78 is 0. The Kier molecular flexibility index (Phi) is 1.93. The quantitative estimate of drug-likeness (QED) is 0.656. The Labute approximate surface area is 77.4 Å². The number of anilines is 2. The van der Waals surface area contributed by atoms with Crippen LogP contribution >= 0.6 is 0 Å². The zero-order valence-electron chi connectivity index (χ0n) is 7.58. The van der Waals surface area contributed by atoms with Crippen molar-refractivity contribution in [3.05, 3.63) is 23.8 Å². The predicted octanol–water partition coefficient (Wildman–Crippen LogP) is 1.36. The molecule has 1 aromatic carbocycles. The maximum absolute atomic E-state index is 10.5. The monoisotopic (exact) mass is 176 g/mol. The number of aldehydes is 1. The molecule has 0 amide bonds. The van der Waals surface area contributed by atoms with Gasteiger partial charge >= 0.3 is 0 Å². The molecule has 0 aliphatic carbocycles. The largest absolute Gasteiger partial charge is 0.382 e. The molecule has 0 saturated heterocycles. The summed E-state index contributed by atoms with van der Waals surface area (Å²) in [6.45, 7) is 1.94. The SMILES string of the molecule is CN1CCNc2cc(C=O)ccc21. The summed E-state index contributed by atoms with van der Waals surface area (Å²) in [5.41, 5.74) is 2.94. The van der Waals surface area contributed by atoms with Crippen LogP contribution in [0.3, 0.4) is 0 Å². The number of carbonyl (C=O) groups excluding carboxylic acids is 1. The number of likely N-dealkylation sites (N-methyl/N-ethyl adjacent to an activating group) is 1. The smallest absolute Gasteiger partial charge is 0.150 e. The van der Waals surface area contributed by atoms with Crippen LogP contribution in [0.4, 0.5) is 11.4 Å². The van der Waals surface area contributed by atoms with Gasteiger partial charge in [0.15, 0.2) is 0 Å². The molecule has 0 spiro atoms. The third kappa shape index (κ3) is 1.37. The van der Waals surface area contributed by atoms with Gasteiger partial charge in [0.05, 0.1) is 11.4 Å². The van der Waals surface area contributed by atoms with E-state index in [9.17, 15) is 4.79 Å². The first-order valence-electron chi connectivity index (χ1n) is 4.35. The highest BCUT2D eigenvalue weighted by Gasteiger charge is 2.12. The van der Waals surface area contributed by atoms with E-state index in [0.29, 0.717) is 0 Å². The van der Waals surface area contributed by atoms with E-state index >= 15 is 0 Å². The Morgan fingerprint density at radius 1 is 1.54 bits per heavy atom. The van der Waals surface area contributed by atoms with E-state index in [-0.39, 0.29) is 0 Å². The van der Waals surface area contributed by atoms with Crippen LogP contribution in [-0.4, -0.2) is 26.4 Å². The Bertz CT molecular complexity index is 336. The molecule has 0 atom stereocenters. The molecule has 1 aliphatic heterocycles. The Balaban J connectivity index is 2.45. The van der Waals surface area contributed by atoms with Crippen molar-refractivity contribution in [2.45, 2.75) is 0 Å². The number of benzene rings is 1. The van der Waals surface area contributed by atoms with Crippen molar-refractivity contribution in [2.24, 2.45) is 0 Å². The second kappa shape index (κ2) is 3.09. The highest BCUT2D eigenvalue weighted by Crippen LogP contribution is 2.28. The summed E-state index contributed by atoms with van der Waals surface area (Å²) >= 11 is 0. The Morgan fingerprint density at radius 2 is 2.38 bits per heavy atom. The molecule has 1 N–H and O–H groups in total. The maximum Gasteiger partial charge on any atom is 0.150 e. The van der Waals surface area contributed by atoms with Gasteiger partial charge in [-0.05, 0) is 18.2 Å². The zero-order chi connectivity index (χ0) is 9.26. The first-order valence-corrected chi connectivity index (χ1v) is 4.35. The fraction of sp³-hybridized carbons (Fsp3) is 0.300. The highest BCUT2D eigenvalue weighted by atomic mass is 16.1. The molecule has 1 aromatic rings. The van der Waals surface area contributed by atoms with Gasteiger partial charge in [-0.2, -0.15) is 0 Å². The zero-order valence-corrected chi connectivity index (χ0v) is 7.58. The van der Waals surface area contributed by atoms with Crippen molar-refractivity contribution in [1.82, 2.24) is 0 Å². The minimum atomic E-state index is 0.724. The Morgan fingerprint density at radius 3 is 3.15 bits per heavy atom. The first kappa shape index (κ1) is 8.10. The third-order valence-corrected chi connectivity index (χ3v) is 2.33. The lowest BCUT2D eigenvalue weighted by atomic mass is 10.1. The number of rotatable bonds is 1. The van der Waals surface area contributed by atoms with Gasteiger partial charge in [-0.3, -0.25) is 4.79 Å². The molecule has 68 valence electrons. The van der Waals surface area contributed by atoms with Crippen LogP contribution in [0.25, 0.3) is 0 Å². The van der Waals surface area contributed by atoms with Gasteiger partial charge in [0, 0.05) is 25.7 Å². The predicted molar refractivity (Wildman–Crippen MR) is 53.6 cm³/mol. The summed E-state index contributed by atoms with van der Waals surface area (Å²) in [6, 6.07) is 5.71. The molecule has 0 bridgehead atoms. The molecule has 0 fully saturated rings. The van der Waals surface area contributed by atoms with Gasteiger partial charge in [0.1, 0.15) is 6.29 Å². The molecule has 2 rings (SSSR count). The fourth-order valence-electron chi connectivity index (χ4n) is 1.58. The summed E-state index contributed by atoms with van der Waals surface area (Å²) in [5, 5.41) is 3.27. The van der Waals surface area contributed by atoms with Crippen LogP contribution in [0, 0.1) is 0 Å². The van der Waals surface area contributed by atoms with E-state index in [1.807, 2.05) is 18.2 Å². The van der Waals surface area contributed by atoms with Gasteiger partial charge in [0.25, 0.3) is 0 Å². The van der Waals surface area contributed by atoms with Crippen molar-refractivity contribution in [3.8, 4) is 0 Å². The van der Waals surface area contributed by atoms with Gasteiger partial charge in [-0.15, -0.1) is 0 Å². The summed E-state index contributed by atoms with van der Waals surface area (Å²) in [5.74, 6) is 0. The molecule has 0 radical (unpaired) electrons. The minimum absolute atomic E-state index is 0.724. The van der Waals surface area contributed by atoms with Crippen LogP contribution in [0.1, 0.15) is 10.4 Å². The molecule has 1 aliphatic rings. The maximum atomic E-state index is 10.5. The van der Waals surface area contributed by atoms with E-state index in [4.69, 9.17) is 0 Å². The van der Waals surface area contributed by atoms with Crippen LogP contribution in [0.2, 0.25) is 0 Å². The van der Waals surface area contributed by atoms with Crippen molar-refractivity contribution in [1.29, 1.82) is 0 Å². The minimum Gasteiger partial charge on any atom is -0.382 e. The summed E-state index contributed by atoms with van der Waals surface area (Å²) in [6.07, 6.45) is 0.872. The molecule has 0 unspecified atom stereocenters. The molecule has 3 nitrogen and oxygen atoms in total. The Hall–Kier alpha value is -1.51. The van der Waals surface area contributed by atoms with Crippen LogP contribution in [-0.2, 0) is 0 Å². The van der Waals surface area contributed by atoms with Crippen molar-refractivity contribution < 1.29 is 4.79 Å². The topological polar surface area (TPSA) is 32.3 Å². The molecule has 0 saturated carbocycles. The van der Waals surface area contributed by atoms with E-state index in [1.165, 1.54) is 0 Å². The number of nitrogens with zero attached hydrogens (tertiary/aromatic N) is 1.